The lowest BCUT2D eigenvalue weighted by atomic mass is 10.3. The first kappa shape index (κ1) is 10.7. The van der Waals surface area contributed by atoms with Crippen molar-refractivity contribution in [3.8, 4) is 0 Å². The predicted molar refractivity (Wildman–Crippen MR) is 50.0 cm³/mol. The van der Waals surface area contributed by atoms with E-state index < -0.39 is 0 Å². The molecule has 14 heavy (non-hydrogen) atoms. The lowest BCUT2D eigenvalue weighted by Crippen LogP contribution is -2.35. The Bertz CT molecular complexity index is 309. The lowest BCUT2D eigenvalue weighted by molar-refractivity contribution is 0.0896. The van der Waals surface area contributed by atoms with Crippen LogP contribution in [0.5, 0.6) is 0 Å². The number of nitrogens with zero attached hydrogens (tertiary/aromatic N) is 1. The number of amides is 1. The number of carbonyl (C=O) groups is 1. The second kappa shape index (κ2) is 4.76. The Labute approximate surface area is 82.4 Å². The molecule has 0 radical (unpaired) electrons. The molecule has 0 aliphatic rings. The second-order valence-corrected chi connectivity index (χ2v) is 3.15. The highest BCUT2D eigenvalue weighted by molar-refractivity contribution is 5.92. The molecule has 1 atom stereocenters. The minimum absolute atomic E-state index is 0.0375. The summed E-state index contributed by atoms with van der Waals surface area (Å²) in [5.41, 5.74) is 0.297. The monoisotopic (exact) mass is 198 g/mol. The molecule has 0 spiro atoms. The van der Waals surface area contributed by atoms with Gasteiger partial charge in [-0.2, -0.15) is 0 Å². The van der Waals surface area contributed by atoms with Crippen molar-refractivity contribution in [2.45, 2.75) is 19.9 Å². The number of aryl methyl sites for hydroxylation is 1. The first-order valence-corrected chi connectivity index (χ1v) is 4.36. The van der Waals surface area contributed by atoms with E-state index in [0.29, 0.717) is 18.1 Å². The van der Waals surface area contributed by atoms with Crippen LogP contribution in [-0.2, 0) is 4.74 Å². The van der Waals surface area contributed by atoms with Crippen LogP contribution in [0.25, 0.3) is 0 Å². The number of rotatable bonds is 4. The summed E-state index contributed by atoms with van der Waals surface area (Å²) in [5, 5.41) is 6.33. The van der Waals surface area contributed by atoms with Crippen molar-refractivity contribution in [2.75, 3.05) is 13.7 Å². The molecule has 1 aromatic rings. The van der Waals surface area contributed by atoms with Gasteiger partial charge in [0.2, 0.25) is 0 Å². The van der Waals surface area contributed by atoms with Crippen molar-refractivity contribution in [3.63, 3.8) is 0 Å². The first-order valence-electron chi connectivity index (χ1n) is 4.36. The maximum absolute atomic E-state index is 11.5. The highest BCUT2D eigenvalue weighted by Gasteiger charge is 2.12. The number of carbonyl (C=O) groups excluding carboxylic acids is 1. The highest BCUT2D eigenvalue weighted by Crippen LogP contribution is 2.01. The van der Waals surface area contributed by atoms with Gasteiger partial charge in [0.1, 0.15) is 5.76 Å². The maximum atomic E-state index is 11.5. The molecule has 0 saturated heterocycles. The molecule has 0 saturated carbocycles. The smallest absolute Gasteiger partial charge is 0.273 e. The zero-order valence-electron chi connectivity index (χ0n) is 8.53. The van der Waals surface area contributed by atoms with E-state index in [1.807, 2.05) is 6.92 Å². The average molecular weight is 198 g/mol. The van der Waals surface area contributed by atoms with Gasteiger partial charge in [0.05, 0.1) is 6.61 Å². The van der Waals surface area contributed by atoms with E-state index >= 15 is 0 Å². The maximum Gasteiger partial charge on any atom is 0.273 e. The van der Waals surface area contributed by atoms with E-state index in [2.05, 4.69) is 10.5 Å². The third-order valence-corrected chi connectivity index (χ3v) is 1.65. The number of hydrogen-bond donors (Lipinski definition) is 1. The Morgan fingerprint density at radius 3 is 3.00 bits per heavy atom. The fourth-order valence-corrected chi connectivity index (χ4v) is 1.06. The summed E-state index contributed by atoms with van der Waals surface area (Å²) in [7, 11) is 1.59. The van der Waals surface area contributed by atoms with Crippen LogP contribution >= 0.6 is 0 Å². The normalized spacial score (nSPS) is 12.5. The fraction of sp³-hybridized carbons (Fsp3) is 0.556. The Kier molecular flexibility index (Phi) is 3.64. The van der Waals surface area contributed by atoms with Crippen molar-refractivity contribution >= 4 is 5.91 Å². The van der Waals surface area contributed by atoms with Gasteiger partial charge < -0.3 is 14.6 Å². The van der Waals surface area contributed by atoms with Gasteiger partial charge in [0, 0.05) is 19.2 Å². The molecule has 1 unspecified atom stereocenters. The van der Waals surface area contributed by atoms with Gasteiger partial charge in [0.25, 0.3) is 5.91 Å². The number of nitrogens with one attached hydrogen (secondary N) is 1. The SMILES string of the molecule is COCC(C)NC(=O)c1cc(C)on1. The summed E-state index contributed by atoms with van der Waals surface area (Å²) in [6.07, 6.45) is 0. The lowest BCUT2D eigenvalue weighted by Gasteiger charge is -2.10. The van der Waals surface area contributed by atoms with Gasteiger partial charge in [-0.05, 0) is 13.8 Å². The molecule has 0 aliphatic heterocycles. The Morgan fingerprint density at radius 2 is 2.50 bits per heavy atom. The third-order valence-electron chi connectivity index (χ3n) is 1.65. The molecule has 0 bridgehead atoms. The molecular weight excluding hydrogens is 184 g/mol. The van der Waals surface area contributed by atoms with Crippen LogP contribution in [0.3, 0.4) is 0 Å². The van der Waals surface area contributed by atoms with Crippen LogP contribution < -0.4 is 5.32 Å². The van der Waals surface area contributed by atoms with E-state index in [1.54, 1.807) is 20.1 Å². The average Bonchev–Trinajstić information content (AvgIpc) is 2.52. The molecule has 5 nitrogen and oxygen atoms in total. The standard InChI is InChI=1S/C9H14N2O3/c1-6(5-13-3)10-9(12)8-4-7(2)14-11-8/h4,6H,5H2,1-3H3,(H,10,12). The number of hydrogen-bond acceptors (Lipinski definition) is 4. The van der Waals surface area contributed by atoms with E-state index in [9.17, 15) is 4.79 Å². The number of ether oxygens (including phenoxy) is 1. The van der Waals surface area contributed by atoms with Crippen LogP contribution in [0.2, 0.25) is 0 Å². The van der Waals surface area contributed by atoms with E-state index in [1.165, 1.54) is 0 Å². The minimum atomic E-state index is -0.244. The third kappa shape index (κ3) is 2.85. The van der Waals surface area contributed by atoms with Gasteiger partial charge >= 0.3 is 0 Å². The minimum Gasteiger partial charge on any atom is -0.383 e. The van der Waals surface area contributed by atoms with Crippen LogP contribution in [0.1, 0.15) is 23.2 Å². The van der Waals surface area contributed by atoms with Crippen LogP contribution in [0.4, 0.5) is 0 Å². The Hall–Kier alpha value is -1.36. The van der Waals surface area contributed by atoms with Gasteiger partial charge in [0.15, 0.2) is 5.69 Å². The second-order valence-electron chi connectivity index (χ2n) is 3.15. The number of methoxy groups -OCH3 is 1. The van der Waals surface area contributed by atoms with E-state index in [-0.39, 0.29) is 11.9 Å². The molecule has 0 fully saturated rings. The van der Waals surface area contributed by atoms with Crippen molar-refractivity contribution in [1.29, 1.82) is 0 Å². The highest BCUT2D eigenvalue weighted by atomic mass is 16.5. The van der Waals surface area contributed by atoms with Crippen molar-refractivity contribution in [1.82, 2.24) is 10.5 Å². The molecule has 1 aromatic heterocycles. The van der Waals surface area contributed by atoms with Gasteiger partial charge in [-0.25, -0.2) is 0 Å². The van der Waals surface area contributed by atoms with Crippen molar-refractivity contribution < 1.29 is 14.1 Å². The summed E-state index contributed by atoms with van der Waals surface area (Å²) in [5.74, 6) is 0.376. The fourth-order valence-electron chi connectivity index (χ4n) is 1.06. The summed E-state index contributed by atoms with van der Waals surface area (Å²) in [6, 6.07) is 1.55. The van der Waals surface area contributed by atoms with Crippen molar-refractivity contribution in [2.24, 2.45) is 0 Å². The van der Waals surface area contributed by atoms with E-state index in [0.717, 1.165) is 0 Å². The van der Waals surface area contributed by atoms with Gasteiger partial charge in [-0.15, -0.1) is 0 Å². The largest absolute Gasteiger partial charge is 0.383 e. The topological polar surface area (TPSA) is 64.4 Å². The molecule has 5 heteroatoms. The molecule has 78 valence electrons. The summed E-state index contributed by atoms with van der Waals surface area (Å²) in [4.78, 5) is 11.5. The van der Waals surface area contributed by atoms with Crippen LogP contribution in [0.15, 0.2) is 10.6 Å². The molecular formula is C9H14N2O3. The van der Waals surface area contributed by atoms with Crippen molar-refractivity contribution in [3.05, 3.63) is 17.5 Å². The summed E-state index contributed by atoms with van der Waals surface area (Å²) in [6.45, 7) is 4.07. The summed E-state index contributed by atoms with van der Waals surface area (Å²) >= 11 is 0. The molecule has 1 rings (SSSR count). The Balaban J connectivity index is 2.50. The quantitative estimate of drug-likeness (QED) is 0.775. The van der Waals surface area contributed by atoms with E-state index in [4.69, 9.17) is 9.26 Å². The van der Waals surface area contributed by atoms with Crippen LogP contribution in [0, 0.1) is 6.92 Å². The molecule has 0 aliphatic carbocycles. The molecule has 1 N–H and O–H groups in total. The van der Waals surface area contributed by atoms with Gasteiger partial charge in [-0.1, -0.05) is 5.16 Å². The van der Waals surface area contributed by atoms with Crippen LogP contribution in [-0.4, -0.2) is 30.8 Å². The number of aromatic nitrogens is 1. The zero-order chi connectivity index (χ0) is 10.6. The zero-order valence-corrected chi connectivity index (χ0v) is 8.53. The molecule has 1 heterocycles. The van der Waals surface area contributed by atoms with Gasteiger partial charge in [-0.3, -0.25) is 4.79 Å². The molecule has 1 amide bonds. The Morgan fingerprint density at radius 1 is 1.79 bits per heavy atom. The summed E-state index contributed by atoms with van der Waals surface area (Å²) < 4.78 is 9.67. The predicted octanol–water partition coefficient (Wildman–Crippen LogP) is 0.748. The molecule has 0 aromatic carbocycles. The first-order chi connectivity index (χ1) is 6.63.